The molecular formula is C20H20N2O2S2. The van der Waals surface area contributed by atoms with Gasteiger partial charge in [-0.3, -0.25) is 4.31 Å². The molecule has 4 nitrogen and oxygen atoms in total. The predicted octanol–water partition coefficient (Wildman–Crippen LogP) is 4.50. The number of nitrogens with zero attached hydrogens (tertiary/aromatic N) is 2. The molecule has 0 spiro atoms. The molecule has 0 fully saturated rings. The number of anilines is 1. The second kappa shape index (κ2) is 6.21. The van der Waals surface area contributed by atoms with Gasteiger partial charge in [0.15, 0.2) is 0 Å². The molecule has 1 aromatic heterocycles. The fourth-order valence-corrected chi connectivity index (χ4v) is 5.67. The Bertz CT molecular complexity index is 1090. The fraction of sp³-hybridized carbons (Fsp3) is 0.250. The number of rotatable bonds is 3. The molecule has 2 aromatic carbocycles. The lowest BCUT2D eigenvalue weighted by Gasteiger charge is -2.21. The first-order valence-electron chi connectivity index (χ1n) is 8.48. The molecule has 26 heavy (non-hydrogen) atoms. The summed E-state index contributed by atoms with van der Waals surface area (Å²) in [6.07, 6.45) is 1.99. The molecule has 0 saturated heterocycles. The van der Waals surface area contributed by atoms with E-state index in [4.69, 9.17) is 4.98 Å². The van der Waals surface area contributed by atoms with Crippen molar-refractivity contribution in [2.45, 2.75) is 26.3 Å². The van der Waals surface area contributed by atoms with Gasteiger partial charge in [0.05, 0.1) is 17.6 Å². The third kappa shape index (κ3) is 3.04. The lowest BCUT2D eigenvalue weighted by Crippen LogP contribution is -2.34. The van der Waals surface area contributed by atoms with Gasteiger partial charge in [-0.1, -0.05) is 29.8 Å². The van der Waals surface area contributed by atoms with Crippen LogP contribution >= 0.6 is 11.3 Å². The van der Waals surface area contributed by atoms with Crippen LogP contribution in [-0.2, 0) is 16.4 Å². The molecule has 1 atom stereocenters. The van der Waals surface area contributed by atoms with E-state index in [2.05, 4.69) is 36.6 Å². The first-order chi connectivity index (χ1) is 12.3. The van der Waals surface area contributed by atoms with E-state index >= 15 is 0 Å². The predicted molar refractivity (Wildman–Crippen MR) is 108 cm³/mol. The van der Waals surface area contributed by atoms with Crippen LogP contribution in [0.5, 0.6) is 0 Å². The summed E-state index contributed by atoms with van der Waals surface area (Å²) in [5.74, 6) is 0. The molecule has 1 aliphatic rings. The number of sulfonamides is 1. The first-order valence-corrected chi connectivity index (χ1v) is 11.2. The minimum Gasteiger partial charge on any atom is -0.267 e. The molecule has 4 rings (SSSR count). The zero-order valence-corrected chi connectivity index (χ0v) is 16.6. The molecule has 0 radical (unpaired) electrons. The minimum atomic E-state index is -3.26. The normalized spacial score (nSPS) is 16.7. The summed E-state index contributed by atoms with van der Waals surface area (Å²) in [5, 5.41) is 3.06. The smallest absolute Gasteiger partial charge is 0.232 e. The maximum Gasteiger partial charge on any atom is 0.232 e. The Morgan fingerprint density at radius 3 is 2.69 bits per heavy atom. The van der Waals surface area contributed by atoms with Gasteiger partial charge in [-0.05, 0) is 44.0 Å². The molecule has 0 saturated carbocycles. The standard InChI is InChI=1S/C20H20N2O2S2/c1-13-5-4-6-16(9-13)20-21-18(12-25-20)15-7-8-19-17(11-15)10-14(2)22(19)26(3,23)24/h4-9,11-12,14H,10H2,1-3H3/t14-/m0/s1. The van der Waals surface area contributed by atoms with Gasteiger partial charge in [-0.15, -0.1) is 11.3 Å². The van der Waals surface area contributed by atoms with E-state index in [0.717, 1.165) is 39.5 Å². The van der Waals surface area contributed by atoms with Crippen molar-refractivity contribution >= 4 is 27.0 Å². The molecule has 0 aliphatic carbocycles. The highest BCUT2D eigenvalue weighted by Crippen LogP contribution is 2.37. The van der Waals surface area contributed by atoms with Crippen LogP contribution in [0.2, 0.25) is 0 Å². The second-order valence-electron chi connectivity index (χ2n) is 6.86. The zero-order chi connectivity index (χ0) is 18.5. The summed E-state index contributed by atoms with van der Waals surface area (Å²) in [4.78, 5) is 4.79. The average Bonchev–Trinajstić information content (AvgIpc) is 3.17. The highest BCUT2D eigenvalue weighted by molar-refractivity contribution is 7.92. The third-order valence-electron chi connectivity index (χ3n) is 4.65. The van der Waals surface area contributed by atoms with Crippen molar-refractivity contribution in [2.24, 2.45) is 0 Å². The molecule has 1 aliphatic heterocycles. The van der Waals surface area contributed by atoms with Crippen LogP contribution in [0.3, 0.4) is 0 Å². The van der Waals surface area contributed by atoms with Gasteiger partial charge < -0.3 is 0 Å². The average molecular weight is 385 g/mol. The van der Waals surface area contributed by atoms with E-state index in [-0.39, 0.29) is 6.04 Å². The van der Waals surface area contributed by atoms with Crippen LogP contribution in [0, 0.1) is 6.92 Å². The van der Waals surface area contributed by atoms with Gasteiger partial charge in [0.1, 0.15) is 5.01 Å². The van der Waals surface area contributed by atoms with Crippen molar-refractivity contribution in [3.63, 3.8) is 0 Å². The SMILES string of the molecule is Cc1cccc(-c2nc(-c3ccc4c(c3)C[C@H](C)N4S(C)(=O)=O)cs2)c1. The molecule has 134 valence electrons. The van der Waals surface area contributed by atoms with E-state index in [9.17, 15) is 8.42 Å². The Morgan fingerprint density at radius 1 is 1.15 bits per heavy atom. The number of benzene rings is 2. The highest BCUT2D eigenvalue weighted by atomic mass is 32.2. The van der Waals surface area contributed by atoms with Crippen molar-refractivity contribution in [3.05, 3.63) is 59.0 Å². The van der Waals surface area contributed by atoms with E-state index in [0.29, 0.717) is 0 Å². The zero-order valence-electron chi connectivity index (χ0n) is 14.9. The summed E-state index contributed by atoms with van der Waals surface area (Å²) in [6.45, 7) is 4.02. The summed E-state index contributed by atoms with van der Waals surface area (Å²) >= 11 is 1.63. The van der Waals surface area contributed by atoms with E-state index in [1.807, 2.05) is 25.1 Å². The van der Waals surface area contributed by atoms with Crippen molar-refractivity contribution in [3.8, 4) is 21.8 Å². The Balaban J connectivity index is 1.70. The lowest BCUT2D eigenvalue weighted by molar-refractivity contribution is 0.590. The van der Waals surface area contributed by atoms with Crippen molar-refractivity contribution < 1.29 is 8.42 Å². The number of hydrogen-bond donors (Lipinski definition) is 0. The number of aromatic nitrogens is 1. The van der Waals surface area contributed by atoms with Gasteiger partial charge >= 0.3 is 0 Å². The highest BCUT2D eigenvalue weighted by Gasteiger charge is 2.32. The van der Waals surface area contributed by atoms with Crippen LogP contribution in [-0.4, -0.2) is 25.7 Å². The minimum absolute atomic E-state index is 0.0476. The number of thiazole rings is 1. The molecule has 0 amide bonds. The van der Waals surface area contributed by atoms with Gasteiger partial charge in [0, 0.05) is 22.5 Å². The summed E-state index contributed by atoms with van der Waals surface area (Å²) in [6, 6.07) is 14.2. The Kier molecular flexibility index (Phi) is 4.12. The first kappa shape index (κ1) is 17.2. The van der Waals surface area contributed by atoms with Crippen LogP contribution in [0.1, 0.15) is 18.1 Å². The maximum absolute atomic E-state index is 12.1. The maximum atomic E-state index is 12.1. The largest absolute Gasteiger partial charge is 0.267 e. The number of aryl methyl sites for hydroxylation is 1. The van der Waals surface area contributed by atoms with Crippen LogP contribution in [0.15, 0.2) is 47.8 Å². The van der Waals surface area contributed by atoms with Crippen molar-refractivity contribution in [1.82, 2.24) is 4.98 Å². The summed E-state index contributed by atoms with van der Waals surface area (Å²) in [7, 11) is -3.26. The Morgan fingerprint density at radius 2 is 1.96 bits per heavy atom. The monoisotopic (exact) mass is 384 g/mol. The molecular weight excluding hydrogens is 364 g/mol. The molecule has 0 bridgehead atoms. The summed E-state index contributed by atoms with van der Waals surface area (Å²) in [5.41, 5.74) is 6.15. The number of fused-ring (bicyclic) bond motifs is 1. The number of hydrogen-bond acceptors (Lipinski definition) is 4. The van der Waals surface area contributed by atoms with Gasteiger partial charge in [-0.2, -0.15) is 0 Å². The van der Waals surface area contributed by atoms with E-state index < -0.39 is 10.0 Å². The molecule has 3 aromatic rings. The topological polar surface area (TPSA) is 50.3 Å². The quantitative estimate of drug-likeness (QED) is 0.668. The fourth-order valence-electron chi connectivity index (χ4n) is 3.58. The van der Waals surface area contributed by atoms with Crippen LogP contribution in [0.4, 0.5) is 5.69 Å². The summed E-state index contributed by atoms with van der Waals surface area (Å²) < 4.78 is 25.6. The van der Waals surface area contributed by atoms with Crippen LogP contribution in [0.25, 0.3) is 21.8 Å². The van der Waals surface area contributed by atoms with Crippen molar-refractivity contribution in [1.29, 1.82) is 0 Å². The molecule has 6 heteroatoms. The van der Waals surface area contributed by atoms with Gasteiger partial charge in [-0.25, -0.2) is 13.4 Å². The lowest BCUT2D eigenvalue weighted by atomic mass is 10.1. The van der Waals surface area contributed by atoms with Gasteiger partial charge in [0.2, 0.25) is 10.0 Å². The molecule has 0 N–H and O–H groups in total. The van der Waals surface area contributed by atoms with E-state index in [1.165, 1.54) is 16.1 Å². The Labute approximate surface area is 158 Å². The molecule has 0 unspecified atom stereocenters. The molecule has 2 heterocycles. The van der Waals surface area contributed by atoms with Crippen LogP contribution < -0.4 is 4.31 Å². The Hall–Kier alpha value is -2.18. The second-order valence-corrected chi connectivity index (χ2v) is 9.58. The van der Waals surface area contributed by atoms with Crippen molar-refractivity contribution in [2.75, 3.05) is 10.6 Å². The van der Waals surface area contributed by atoms with E-state index in [1.54, 1.807) is 11.3 Å². The third-order valence-corrected chi connectivity index (χ3v) is 6.82. The van der Waals surface area contributed by atoms with Gasteiger partial charge in [0.25, 0.3) is 0 Å².